The first-order chi connectivity index (χ1) is 6.58. The maximum Gasteiger partial charge on any atom is 0.252 e. The van der Waals surface area contributed by atoms with Crippen molar-refractivity contribution in [3.05, 3.63) is 11.9 Å². The third kappa shape index (κ3) is 1.61. The molecule has 0 spiro atoms. The molecule has 0 atom stereocenters. The van der Waals surface area contributed by atoms with Crippen LogP contribution in [0.3, 0.4) is 0 Å². The van der Waals surface area contributed by atoms with E-state index in [0.29, 0.717) is 5.69 Å². The molecule has 0 bridgehead atoms. The second kappa shape index (κ2) is 3.35. The Bertz CT molecular complexity index is 308. The molecule has 0 aromatic carbocycles. The molecule has 2 N–H and O–H groups in total. The minimum Gasteiger partial charge on any atom is -0.265 e. The van der Waals surface area contributed by atoms with Gasteiger partial charge in [-0.05, 0) is 11.0 Å². The van der Waals surface area contributed by atoms with Gasteiger partial charge in [-0.15, -0.1) is 5.10 Å². The quantitative estimate of drug-likeness (QED) is 0.424. The smallest absolute Gasteiger partial charge is 0.252 e. The Hall–Kier alpha value is -0.340. The molecule has 0 amide bonds. The predicted molar refractivity (Wildman–Crippen MR) is 52.0 cm³/mol. The average Bonchev–Trinajstić information content (AvgIpc) is 2.52. The van der Waals surface area contributed by atoms with Crippen LogP contribution in [-0.2, 0) is 5.54 Å². The summed E-state index contributed by atoms with van der Waals surface area (Å²) < 4.78 is 28.5. The summed E-state index contributed by atoms with van der Waals surface area (Å²) in [7, 11) is 1.01. The number of thiol groups is 1. The van der Waals surface area contributed by atoms with E-state index < -0.39 is 11.5 Å². The molecule has 1 aliphatic carbocycles. The predicted octanol–water partition coefficient (Wildman–Crippen LogP) is 1.51. The summed E-state index contributed by atoms with van der Waals surface area (Å²) in [6, 6.07) is 0. The SMILES string of the molecule is FC1(F)CC(NSS)(c2c[nH]nn2)C1. The zero-order valence-electron chi connectivity index (χ0n) is 7.00. The Balaban J connectivity index is 2.18. The van der Waals surface area contributed by atoms with Gasteiger partial charge >= 0.3 is 0 Å². The van der Waals surface area contributed by atoms with Gasteiger partial charge in [-0.2, -0.15) is 0 Å². The highest BCUT2D eigenvalue weighted by atomic mass is 33.1. The van der Waals surface area contributed by atoms with E-state index in [4.69, 9.17) is 0 Å². The second-order valence-electron chi connectivity index (χ2n) is 3.34. The third-order valence-corrected chi connectivity index (χ3v) is 3.02. The first-order valence-electron chi connectivity index (χ1n) is 3.90. The van der Waals surface area contributed by atoms with Gasteiger partial charge in [-0.3, -0.25) is 5.10 Å². The number of rotatable bonds is 3. The standard InChI is InChI=1S/C6H8F2N4S2/c7-6(8)2-5(3-6,11-14-13)4-1-9-12-10-4/h1,11,13H,2-3H2,(H,9,10,12). The highest BCUT2D eigenvalue weighted by molar-refractivity contribution is 8.67. The molecule has 1 aromatic heterocycles. The summed E-state index contributed by atoms with van der Waals surface area (Å²) in [6.07, 6.45) is 0.992. The summed E-state index contributed by atoms with van der Waals surface area (Å²) in [5.74, 6) is -2.62. The van der Waals surface area contributed by atoms with Crippen molar-refractivity contribution in [1.29, 1.82) is 0 Å². The van der Waals surface area contributed by atoms with E-state index in [0.717, 1.165) is 11.0 Å². The van der Waals surface area contributed by atoms with Gasteiger partial charge in [0.05, 0.1) is 5.54 Å². The molecule has 1 aliphatic rings. The van der Waals surface area contributed by atoms with Gasteiger partial charge < -0.3 is 0 Å². The maximum atomic E-state index is 12.8. The normalized spacial score (nSPS) is 23.1. The van der Waals surface area contributed by atoms with Gasteiger partial charge in [0.1, 0.15) is 5.69 Å². The number of nitrogens with zero attached hydrogens (tertiary/aromatic N) is 2. The molecule has 0 radical (unpaired) electrons. The summed E-state index contributed by atoms with van der Waals surface area (Å²) in [5, 5.41) is 9.76. The fourth-order valence-corrected chi connectivity index (χ4v) is 2.61. The molecule has 4 nitrogen and oxygen atoms in total. The number of hydrogen-bond donors (Lipinski definition) is 3. The zero-order chi connectivity index (χ0) is 10.2. The van der Waals surface area contributed by atoms with Gasteiger partial charge in [-0.25, -0.2) is 13.5 Å². The molecule has 1 aromatic rings. The van der Waals surface area contributed by atoms with Crippen LogP contribution in [0.2, 0.25) is 0 Å². The van der Waals surface area contributed by atoms with Crippen molar-refractivity contribution in [1.82, 2.24) is 20.1 Å². The minimum absolute atomic E-state index is 0.264. The number of aromatic amines is 1. The molecular weight excluding hydrogens is 230 g/mol. The molecule has 1 fully saturated rings. The number of halogens is 2. The fraction of sp³-hybridized carbons (Fsp3) is 0.667. The molecule has 0 saturated heterocycles. The lowest BCUT2D eigenvalue weighted by Crippen LogP contribution is -2.56. The Labute approximate surface area is 88.2 Å². The van der Waals surface area contributed by atoms with Crippen LogP contribution >= 0.6 is 22.6 Å². The van der Waals surface area contributed by atoms with Crippen molar-refractivity contribution in [2.24, 2.45) is 0 Å². The average molecular weight is 238 g/mol. The number of alkyl halides is 2. The molecule has 14 heavy (non-hydrogen) atoms. The van der Waals surface area contributed by atoms with Crippen molar-refractivity contribution < 1.29 is 8.78 Å². The molecule has 0 aliphatic heterocycles. The number of nitrogens with one attached hydrogen (secondary N) is 2. The second-order valence-corrected chi connectivity index (χ2v) is 4.28. The van der Waals surface area contributed by atoms with E-state index in [9.17, 15) is 8.78 Å². The Morgan fingerprint density at radius 3 is 2.71 bits per heavy atom. The van der Waals surface area contributed by atoms with E-state index in [-0.39, 0.29) is 12.8 Å². The Kier molecular flexibility index (Phi) is 2.44. The molecule has 2 rings (SSSR count). The van der Waals surface area contributed by atoms with Crippen molar-refractivity contribution in [3.63, 3.8) is 0 Å². The van der Waals surface area contributed by atoms with Crippen molar-refractivity contribution in [2.75, 3.05) is 0 Å². The first kappa shape index (κ1) is 10.2. The van der Waals surface area contributed by atoms with Crippen LogP contribution in [0, 0.1) is 0 Å². The molecular formula is C6H8F2N4S2. The monoisotopic (exact) mass is 238 g/mol. The van der Waals surface area contributed by atoms with Crippen LogP contribution < -0.4 is 4.72 Å². The van der Waals surface area contributed by atoms with E-state index >= 15 is 0 Å². The van der Waals surface area contributed by atoms with Crippen LogP contribution in [-0.4, -0.2) is 21.3 Å². The lowest BCUT2D eigenvalue weighted by Gasteiger charge is -2.45. The molecule has 1 heterocycles. The molecule has 8 heteroatoms. The first-order valence-corrected chi connectivity index (χ1v) is 5.77. The highest BCUT2D eigenvalue weighted by Crippen LogP contribution is 2.51. The van der Waals surface area contributed by atoms with Crippen LogP contribution in [0.5, 0.6) is 0 Å². The summed E-state index contributed by atoms with van der Waals surface area (Å²) in [4.78, 5) is 0. The Morgan fingerprint density at radius 1 is 1.57 bits per heavy atom. The molecule has 1 saturated carbocycles. The molecule has 78 valence electrons. The lowest BCUT2D eigenvalue weighted by molar-refractivity contribution is -0.131. The zero-order valence-corrected chi connectivity index (χ0v) is 8.71. The number of aromatic nitrogens is 3. The van der Waals surface area contributed by atoms with Crippen molar-refractivity contribution in [3.8, 4) is 0 Å². The number of H-pyrrole nitrogens is 1. The van der Waals surface area contributed by atoms with Crippen LogP contribution in [0.25, 0.3) is 0 Å². The van der Waals surface area contributed by atoms with E-state index in [1.165, 1.54) is 6.20 Å². The van der Waals surface area contributed by atoms with E-state index in [1.54, 1.807) is 0 Å². The summed E-state index contributed by atoms with van der Waals surface area (Å²) in [5.41, 5.74) is -0.284. The highest BCUT2D eigenvalue weighted by Gasteiger charge is 2.58. The van der Waals surface area contributed by atoms with Crippen molar-refractivity contribution in [2.45, 2.75) is 24.3 Å². The van der Waals surface area contributed by atoms with Gasteiger partial charge in [0, 0.05) is 19.0 Å². The van der Waals surface area contributed by atoms with Crippen LogP contribution in [0.4, 0.5) is 8.78 Å². The van der Waals surface area contributed by atoms with Gasteiger partial charge in [0.25, 0.3) is 5.92 Å². The topological polar surface area (TPSA) is 53.6 Å². The third-order valence-electron chi connectivity index (χ3n) is 2.27. The van der Waals surface area contributed by atoms with Gasteiger partial charge in [0.2, 0.25) is 0 Å². The van der Waals surface area contributed by atoms with Gasteiger partial charge in [-0.1, -0.05) is 16.9 Å². The van der Waals surface area contributed by atoms with Crippen molar-refractivity contribution >= 4 is 22.6 Å². The largest absolute Gasteiger partial charge is 0.265 e. The van der Waals surface area contributed by atoms with Crippen LogP contribution in [0.1, 0.15) is 18.5 Å². The number of hydrogen-bond acceptors (Lipinski definition) is 5. The summed E-state index contributed by atoms with van der Waals surface area (Å²) in [6.45, 7) is 0. The van der Waals surface area contributed by atoms with E-state index in [1.807, 2.05) is 0 Å². The summed E-state index contributed by atoms with van der Waals surface area (Å²) >= 11 is 3.89. The minimum atomic E-state index is -2.62. The Morgan fingerprint density at radius 2 is 2.29 bits per heavy atom. The van der Waals surface area contributed by atoms with E-state index in [2.05, 4.69) is 31.8 Å². The lowest BCUT2D eigenvalue weighted by atomic mass is 9.72. The van der Waals surface area contributed by atoms with Gasteiger partial charge in [0.15, 0.2) is 0 Å². The molecule has 0 unspecified atom stereocenters. The van der Waals surface area contributed by atoms with Crippen LogP contribution in [0.15, 0.2) is 6.20 Å². The fourth-order valence-electron chi connectivity index (χ4n) is 1.66. The maximum absolute atomic E-state index is 12.8.